The molecule has 0 fully saturated rings. The fraction of sp³-hybridized carbons (Fsp3) is 0.455. The number of benzene rings is 1. The molecule has 0 amide bonds. The van der Waals surface area contributed by atoms with E-state index in [0.717, 1.165) is 6.07 Å². The topological polar surface area (TPSA) is 110 Å². The minimum atomic E-state index is -3.88. The van der Waals surface area contributed by atoms with Gasteiger partial charge in [-0.25, -0.2) is 13.1 Å². The lowest BCUT2D eigenvalue weighted by Crippen LogP contribution is -2.37. The minimum absolute atomic E-state index is 0.145. The summed E-state index contributed by atoms with van der Waals surface area (Å²) in [6, 6.07) is 3.04. The molecule has 0 heterocycles. The van der Waals surface area contributed by atoms with Crippen LogP contribution in [0.4, 0.5) is 5.69 Å². The molecular weight excluding hydrogens is 272 g/mol. The normalized spacial score (nSPS) is 13.2. The first kappa shape index (κ1) is 15.5. The zero-order valence-electron chi connectivity index (χ0n) is 10.7. The fourth-order valence-electron chi connectivity index (χ4n) is 1.52. The van der Waals surface area contributed by atoms with Gasteiger partial charge in [0.1, 0.15) is 0 Å². The van der Waals surface area contributed by atoms with Gasteiger partial charge in [-0.05, 0) is 18.9 Å². The third-order valence-electron chi connectivity index (χ3n) is 2.71. The lowest BCUT2D eigenvalue weighted by molar-refractivity contribution is -0.385. The number of aliphatic hydroxyl groups excluding tert-OH is 1. The molecule has 2 N–H and O–H groups in total. The summed E-state index contributed by atoms with van der Waals surface area (Å²) in [5.41, 5.74) is 0.119. The van der Waals surface area contributed by atoms with Crippen LogP contribution in [0.3, 0.4) is 0 Å². The van der Waals surface area contributed by atoms with Crippen molar-refractivity contribution in [3.05, 3.63) is 33.9 Å². The molecule has 8 heteroatoms. The van der Waals surface area contributed by atoms with Gasteiger partial charge in [0.2, 0.25) is 10.0 Å². The monoisotopic (exact) mass is 288 g/mol. The number of nitrogens with one attached hydrogen (secondary N) is 1. The van der Waals surface area contributed by atoms with Crippen molar-refractivity contribution in [1.82, 2.24) is 4.72 Å². The summed E-state index contributed by atoms with van der Waals surface area (Å²) in [5.74, 6) is 0. The zero-order chi connectivity index (χ0) is 14.6. The smallest absolute Gasteiger partial charge is 0.270 e. The van der Waals surface area contributed by atoms with Crippen LogP contribution in [0.25, 0.3) is 0 Å². The lowest BCUT2D eigenvalue weighted by Gasteiger charge is -2.15. The first-order valence-corrected chi connectivity index (χ1v) is 7.18. The largest absolute Gasteiger partial charge is 0.395 e. The van der Waals surface area contributed by atoms with E-state index in [4.69, 9.17) is 5.11 Å². The molecule has 0 aliphatic heterocycles. The molecule has 1 rings (SSSR count). The number of sulfonamides is 1. The molecule has 0 unspecified atom stereocenters. The van der Waals surface area contributed by atoms with E-state index in [9.17, 15) is 18.5 Å². The number of nitro groups is 1. The fourth-order valence-corrected chi connectivity index (χ4v) is 3.10. The van der Waals surface area contributed by atoms with E-state index in [2.05, 4.69) is 4.72 Å². The molecule has 0 aliphatic rings. The first-order valence-electron chi connectivity index (χ1n) is 5.70. The van der Waals surface area contributed by atoms with Crippen molar-refractivity contribution < 1.29 is 18.4 Å². The van der Waals surface area contributed by atoms with Crippen LogP contribution in [0.1, 0.15) is 18.9 Å². The molecule has 0 aromatic heterocycles. The molecule has 1 aromatic rings. The summed E-state index contributed by atoms with van der Waals surface area (Å²) in [5, 5.41) is 19.7. The van der Waals surface area contributed by atoms with Gasteiger partial charge >= 0.3 is 0 Å². The SMILES string of the molecule is CC[C@H](CO)NS(=O)(=O)c1cc([N+](=O)[O-])ccc1C. The molecule has 0 aliphatic carbocycles. The highest BCUT2D eigenvalue weighted by atomic mass is 32.2. The quantitative estimate of drug-likeness (QED) is 0.598. The van der Waals surface area contributed by atoms with Crippen molar-refractivity contribution >= 4 is 15.7 Å². The number of nitrogens with zero attached hydrogens (tertiary/aromatic N) is 1. The summed E-state index contributed by atoms with van der Waals surface area (Å²) in [6.45, 7) is 2.95. The Labute approximate surface area is 111 Å². The van der Waals surface area contributed by atoms with Crippen molar-refractivity contribution in [2.45, 2.75) is 31.2 Å². The maximum absolute atomic E-state index is 12.1. The van der Waals surface area contributed by atoms with Crippen molar-refractivity contribution in [3.8, 4) is 0 Å². The second-order valence-corrected chi connectivity index (χ2v) is 5.80. The second kappa shape index (κ2) is 6.09. The van der Waals surface area contributed by atoms with E-state index in [1.807, 2.05) is 0 Å². The zero-order valence-corrected chi connectivity index (χ0v) is 11.5. The molecule has 0 radical (unpaired) electrons. The van der Waals surface area contributed by atoms with Gasteiger partial charge in [0, 0.05) is 18.2 Å². The summed E-state index contributed by atoms with van der Waals surface area (Å²) in [4.78, 5) is 9.88. The highest BCUT2D eigenvalue weighted by Crippen LogP contribution is 2.21. The van der Waals surface area contributed by atoms with Gasteiger partial charge in [-0.15, -0.1) is 0 Å². The minimum Gasteiger partial charge on any atom is -0.395 e. The van der Waals surface area contributed by atoms with E-state index >= 15 is 0 Å². The maximum atomic E-state index is 12.1. The van der Waals surface area contributed by atoms with Crippen LogP contribution in [-0.2, 0) is 10.0 Å². The molecule has 19 heavy (non-hydrogen) atoms. The van der Waals surface area contributed by atoms with E-state index in [0.29, 0.717) is 12.0 Å². The standard InChI is InChI=1S/C11H16N2O5S/c1-3-9(7-14)12-19(17,18)11-6-10(13(15)16)5-4-8(11)2/h4-6,9,12,14H,3,7H2,1-2H3/t9-/m1/s1. The van der Waals surface area contributed by atoms with E-state index in [-0.39, 0.29) is 17.2 Å². The number of aliphatic hydroxyl groups is 1. The van der Waals surface area contributed by atoms with Crippen LogP contribution in [0.2, 0.25) is 0 Å². The Morgan fingerprint density at radius 3 is 2.58 bits per heavy atom. The van der Waals surface area contributed by atoms with Gasteiger partial charge in [0.15, 0.2) is 0 Å². The highest BCUT2D eigenvalue weighted by Gasteiger charge is 2.23. The summed E-state index contributed by atoms with van der Waals surface area (Å²) in [7, 11) is -3.88. The molecule has 106 valence electrons. The van der Waals surface area contributed by atoms with Crippen molar-refractivity contribution in [2.24, 2.45) is 0 Å². The Morgan fingerprint density at radius 1 is 1.47 bits per heavy atom. The van der Waals surface area contributed by atoms with Crippen LogP contribution in [-0.4, -0.2) is 31.1 Å². The van der Waals surface area contributed by atoms with Crippen LogP contribution in [0.5, 0.6) is 0 Å². The van der Waals surface area contributed by atoms with Gasteiger partial charge in [-0.1, -0.05) is 13.0 Å². The third kappa shape index (κ3) is 3.72. The molecule has 7 nitrogen and oxygen atoms in total. The molecule has 1 aromatic carbocycles. The molecular formula is C11H16N2O5S. The summed E-state index contributed by atoms with van der Waals surface area (Å²) < 4.78 is 26.5. The molecule has 0 saturated heterocycles. The molecule has 1 atom stereocenters. The van der Waals surface area contributed by atoms with Crippen molar-refractivity contribution in [1.29, 1.82) is 0 Å². The Balaban J connectivity index is 3.20. The second-order valence-electron chi connectivity index (χ2n) is 4.12. The van der Waals surface area contributed by atoms with Crippen LogP contribution in [0, 0.1) is 17.0 Å². The van der Waals surface area contributed by atoms with Gasteiger partial charge in [-0.2, -0.15) is 0 Å². The van der Waals surface area contributed by atoms with Crippen molar-refractivity contribution in [3.63, 3.8) is 0 Å². The van der Waals surface area contributed by atoms with Gasteiger partial charge < -0.3 is 5.11 Å². The number of hydrogen-bond donors (Lipinski definition) is 2. The maximum Gasteiger partial charge on any atom is 0.270 e. The van der Waals surface area contributed by atoms with Gasteiger partial charge in [-0.3, -0.25) is 10.1 Å². The molecule has 0 bridgehead atoms. The average Bonchev–Trinajstić information content (AvgIpc) is 2.35. The molecule has 0 spiro atoms. The van der Waals surface area contributed by atoms with Crippen LogP contribution >= 0.6 is 0 Å². The predicted octanol–water partition coefficient (Wildman–Crippen LogP) is 0.952. The highest BCUT2D eigenvalue weighted by molar-refractivity contribution is 7.89. The Kier molecular flexibility index (Phi) is 4.98. The summed E-state index contributed by atoms with van der Waals surface area (Å²) >= 11 is 0. The summed E-state index contributed by atoms with van der Waals surface area (Å²) in [6.07, 6.45) is 0.420. The molecule has 0 saturated carbocycles. The Bertz CT molecular complexity index is 566. The van der Waals surface area contributed by atoms with E-state index < -0.39 is 21.0 Å². The lowest BCUT2D eigenvalue weighted by atomic mass is 10.2. The number of nitro benzene ring substituents is 1. The number of rotatable bonds is 6. The Morgan fingerprint density at radius 2 is 2.11 bits per heavy atom. The predicted molar refractivity (Wildman–Crippen MR) is 69.3 cm³/mol. The number of hydrogen-bond acceptors (Lipinski definition) is 5. The first-order chi connectivity index (χ1) is 8.81. The Hall–Kier alpha value is -1.51. The van der Waals surface area contributed by atoms with Crippen LogP contribution in [0.15, 0.2) is 23.1 Å². The number of non-ortho nitro benzene ring substituents is 1. The average molecular weight is 288 g/mol. The van der Waals surface area contributed by atoms with Gasteiger partial charge in [0.05, 0.1) is 16.4 Å². The van der Waals surface area contributed by atoms with Crippen LogP contribution < -0.4 is 4.72 Å². The van der Waals surface area contributed by atoms with E-state index in [1.54, 1.807) is 13.8 Å². The van der Waals surface area contributed by atoms with Gasteiger partial charge in [0.25, 0.3) is 5.69 Å². The van der Waals surface area contributed by atoms with E-state index in [1.165, 1.54) is 12.1 Å². The number of aryl methyl sites for hydroxylation is 1. The third-order valence-corrected chi connectivity index (χ3v) is 4.37. The van der Waals surface area contributed by atoms with Crippen molar-refractivity contribution in [2.75, 3.05) is 6.61 Å².